The van der Waals surface area contributed by atoms with Crippen LogP contribution < -0.4 is 4.90 Å². The highest BCUT2D eigenvalue weighted by molar-refractivity contribution is 5.92. The molecule has 0 saturated carbocycles. The minimum atomic E-state index is -0.0943. The van der Waals surface area contributed by atoms with Gasteiger partial charge >= 0.3 is 0 Å². The number of nitrogens with zero attached hydrogens (tertiary/aromatic N) is 5. The Kier molecular flexibility index (Phi) is 3.28. The van der Waals surface area contributed by atoms with Crippen molar-refractivity contribution >= 4 is 11.7 Å². The van der Waals surface area contributed by atoms with Gasteiger partial charge in [-0.05, 0) is 6.07 Å². The number of rotatable bonds is 1. The average molecular weight is 269 g/mol. The van der Waals surface area contributed by atoms with Gasteiger partial charge in [0.05, 0.1) is 6.20 Å². The Morgan fingerprint density at radius 2 is 2.10 bits per heavy atom. The molecule has 0 fully saturated rings. The van der Waals surface area contributed by atoms with E-state index >= 15 is 0 Å². The molecule has 0 aliphatic carbocycles. The lowest BCUT2D eigenvalue weighted by Gasteiger charge is -2.20. The van der Waals surface area contributed by atoms with E-state index in [1.807, 2.05) is 19.2 Å². The molecule has 2 aromatic rings. The summed E-state index contributed by atoms with van der Waals surface area (Å²) in [6, 6.07) is 3.89. The molecule has 20 heavy (non-hydrogen) atoms. The Morgan fingerprint density at radius 1 is 1.20 bits per heavy atom. The van der Waals surface area contributed by atoms with Gasteiger partial charge in [0.2, 0.25) is 0 Å². The van der Waals surface area contributed by atoms with Crippen molar-refractivity contribution in [3.8, 4) is 0 Å². The van der Waals surface area contributed by atoms with Crippen LogP contribution >= 0.6 is 0 Å². The first-order valence-electron chi connectivity index (χ1n) is 6.46. The first kappa shape index (κ1) is 12.5. The summed E-state index contributed by atoms with van der Waals surface area (Å²) in [6.07, 6.45) is 6.37. The predicted octanol–water partition coefficient (Wildman–Crippen LogP) is 0.964. The molecule has 2 aromatic heterocycles. The lowest BCUT2D eigenvalue weighted by Crippen LogP contribution is -2.34. The Hall–Kier alpha value is -2.50. The van der Waals surface area contributed by atoms with E-state index in [1.54, 1.807) is 17.3 Å². The van der Waals surface area contributed by atoms with Gasteiger partial charge in [0.15, 0.2) is 0 Å². The normalized spacial score (nSPS) is 14.7. The molecule has 0 atom stereocenters. The van der Waals surface area contributed by atoms with Crippen molar-refractivity contribution in [2.24, 2.45) is 0 Å². The topological polar surface area (TPSA) is 62.2 Å². The quantitative estimate of drug-likeness (QED) is 0.771. The van der Waals surface area contributed by atoms with Crippen LogP contribution in [0.5, 0.6) is 0 Å². The van der Waals surface area contributed by atoms with Crippen LogP contribution in [-0.2, 0) is 6.54 Å². The fraction of sp³-hybridized carbons (Fsp3) is 0.286. The van der Waals surface area contributed by atoms with Crippen molar-refractivity contribution in [3.05, 3.63) is 48.2 Å². The highest BCUT2D eigenvalue weighted by Gasteiger charge is 2.23. The zero-order chi connectivity index (χ0) is 13.9. The van der Waals surface area contributed by atoms with Crippen LogP contribution in [0.15, 0.2) is 36.9 Å². The van der Waals surface area contributed by atoms with Gasteiger partial charge in [-0.1, -0.05) is 6.07 Å². The molecule has 0 bridgehead atoms. The van der Waals surface area contributed by atoms with E-state index < -0.39 is 0 Å². The number of likely N-dealkylation sites (N-methyl/N-ethyl adjacent to an activating group) is 1. The molecule has 1 amide bonds. The molecule has 6 nitrogen and oxygen atoms in total. The van der Waals surface area contributed by atoms with Gasteiger partial charge in [0.25, 0.3) is 5.91 Å². The number of aromatic nitrogens is 3. The van der Waals surface area contributed by atoms with Gasteiger partial charge in [0, 0.05) is 50.8 Å². The summed E-state index contributed by atoms with van der Waals surface area (Å²) in [4.78, 5) is 28.7. The van der Waals surface area contributed by atoms with Crippen molar-refractivity contribution in [1.82, 2.24) is 19.9 Å². The molecule has 6 heteroatoms. The maximum Gasteiger partial charge on any atom is 0.274 e. The van der Waals surface area contributed by atoms with E-state index in [9.17, 15) is 4.79 Å². The van der Waals surface area contributed by atoms with E-state index in [2.05, 4.69) is 19.9 Å². The average Bonchev–Trinajstić information content (AvgIpc) is 2.67. The monoisotopic (exact) mass is 269 g/mol. The number of hydrogen-bond donors (Lipinski definition) is 0. The number of pyridine rings is 1. The third kappa shape index (κ3) is 2.32. The van der Waals surface area contributed by atoms with Crippen LogP contribution in [0, 0.1) is 0 Å². The Morgan fingerprint density at radius 3 is 2.90 bits per heavy atom. The van der Waals surface area contributed by atoms with Crippen molar-refractivity contribution in [2.75, 3.05) is 25.0 Å². The van der Waals surface area contributed by atoms with Crippen molar-refractivity contribution in [3.63, 3.8) is 0 Å². The van der Waals surface area contributed by atoms with Gasteiger partial charge in [0.1, 0.15) is 11.5 Å². The summed E-state index contributed by atoms with van der Waals surface area (Å²) in [6.45, 7) is 1.93. The highest BCUT2D eigenvalue weighted by atomic mass is 16.2. The minimum absolute atomic E-state index is 0.0943. The Bertz CT molecular complexity index is 616. The first-order chi connectivity index (χ1) is 9.75. The van der Waals surface area contributed by atoms with Gasteiger partial charge in [-0.2, -0.15) is 0 Å². The van der Waals surface area contributed by atoms with E-state index in [1.165, 1.54) is 12.4 Å². The molecule has 102 valence electrons. The second-order valence-corrected chi connectivity index (χ2v) is 4.73. The van der Waals surface area contributed by atoms with Crippen LogP contribution in [0.3, 0.4) is 0 Å². The Labute approximate surface area is 117 Å². The minimum Gasteiger partial charge on any atom is -0.358 e. The number of amides is 1. The Balaban J connectivity index is 1.88. The molecule has 0 N–H and O–H groups in total. The summed E-state index contributed by atoms with van der Waals surface area (Å²) in [5, 5.41) is 0. The SMILES string of the molecule is CN1CCN(C(=O)c2cnccn2)Cc2cccnc21. The molecular formula is C14H15N5O. The molecule has 0 spiro atoms. The number of hydrogen-bond acceptors (Lipinski definition) is 5. The van der Waals surface area contributed by atoms with Gasteiger partial charge in [-0.25, -0.2) is 9.97 Å². The number of carbonyl (C=O) groups excluding carboxylic acids is 1. The summed E-state index contributed by atoms with van der Waals surface area (Å²) in [5.74, 6) is 0.838. The number of carbonyl (C=O) groups is 1. The lowest BCUT2D eigenvalue weighted by atomic mass is 10.2. The van der Waals surface area contributed by atoms with Crippen LogP contribution in [0.25, 0.3) is 0 Å². The molecule has 0 aromatic carbocycles. The third-order valence-corrected chi connectivity index (χ3v) is 3.37. The van der Waals surface area contributed by atoms with E-state index in [0.29, 0.717) is 18.8 Å². The van der Waals surface area contributed by atoms with Crippen molar-refractivity contribution in [1.29, 1.82) is 0 Å². The fourth-order valence-electron chi connectivity index (χ4n) is 2.30. The maximum absolute atomic E-state index is 12.5. The molecule has 1 aliphatic rings. The van der Waals surface area contributed by atoms with Crippen LogP contribution in [0.1, 0.15) is 16.1 Å². The molecule has 0 saturated heterocycles. The van der Waals surface area contributed by atoms with E-state index in [0.717, 1.165) is 17.9 Å². The molecule has 0 unspecified atom stereocenters. The third-order valence-electron chi connectivity index (χ3n) is 3.37. The number of fused-ring (bicyclic) bond motifs is 1. The van der Waals surface area contributed by atoms with E-state index in [4.69, 9.17) is 0 Å². The lowest BCUT2D eigenvalue weighted by molar-refractivity contribution is 0.0745. The molecule has 3 rings (SSSR count). The van der Waals surface area contributed by atoms with Crippen LogP contribution in [0.2, 0.25) is 0 Å². The zero-order valence-electron chi connectivity index (χ0n) is 11.2. The summed E-state index contributed by atoms with van der Waals surface area (Å²) in [7, 11) is 1.99. The largest absolute Gasteiger partial charge is 0.358 e. The van der Waals surface area contributed by atoms with Gasteiger partial charge in [-0.3, -0.25) is 9.78 Å². The van der Waals surface area contributed by atoms with E-state index in [-0.39, 0.29) is 5.91 Å². The smallest absolute Gasteiger partial charge is 0.274 e. The summed E-state index contributed by atoms with van der Waals surface area (Å²) in [5.41, 5.74) is 1.42. The summed E-state index contributed by atoms with van der Waals surface area (Å²) >= 11 is 0. The van der Waals surface area contributed by atoms with Crippen LogP contribution in [-0.4, -0.2) is 45.9 Å². The first-order valence-corrected chi connectivity index (χ1v) is 6.46. The molecule has 3 heterocycles. The molecule has 0 radical (unpaired) electrons. The highest BCUT2D eigenvalue weighted by Crippen LogP contribution is 2.21. The standard InChI is InChI=1S/C14H15N5O/c1-18-7-8-19(10-11-3-2-4-17-13(11)18)14(20)12-9-15-5-6-16-12/h2-6,9H,7-8,10H2,1H3. The molecule has 1 aliphatic heterocycles. The van der Waals surface area contributed by atoms with Crippen molar-refractivity contribution < 1.29 is 4.79 Å². The zero-order valence-corrected chi connectivity index (χ0v) is 11.2. The fourth-order valence-corrected chi connectivity index (χ4v) is 2.30. The van der Waals surface area contributed by atoms with Crippen LogP contribution in [0.4, 0.5) is 5.82 Å². The van der Waals surface area contributed by atoms with Crippen molar-refractivity contribution in [2.45, 2.75) is 6.54 Å². The summed E-state index contributed by atoms with van der Waals surface area (Å²) < 4.78 is 0. The maximum atomic E-state index is 12.5. The second-order valence-electron chi connectivity index (χ2n) is 4.73. The number of anilines is 1. The van der Waals surface area contributed by atoms with Gasteiger partial charge in [-0.15, -0.1) is 0 Å². The second kappa shape index (κ2) is 5.24. The predicted molar refractivity (Wildman–Crippen MR) is 74.3 cm³/mol. The van der Waals surface area contributed by atoms with Gasteiger partial charge < -0.3 is 9.80 Å². The molecular weight excluding hydrogens is 254 g/mol.